The van der Waals surface area contributed by atoms with Crippen LogP contribution in [0.2, 0.25) is 0 Å². The number of likely N-dealkylation sites (tertiary alicyclic amines) is 1. The molecule has 0 bridgehead atoms. The molecule has 0 aromatic heterocycles. The van der Waals surface area contributed by atoms with Crippen molar-refractivity contribution in [2.75, 3.05) is 40.5 Å². The van der Waals surface area contributed by atoms with Gasteiger partial charge in [0.1, 0.15) is 0 Å². The lowest BCUT2D eigenvalue weighted by molar-refractivity contribution is 0.0340. The first kappa shape index (κ1) is 30.8. The van der Waals surface area contributed by atoms with E-state index in [4.69, 9.17) is 19.2 Å². The Kier molecular flexibility index (Phi) is 9.83. The number of methoxy groups -OCH3 is 1. The van der Waals surface area contributed by atoms with Crippen molar-refractivity contribution >= 4 is 11.6 Å². The second-order valence-electron chi connectivity index (χ2n) is 12.0. The molecule has 1 saturated heterocycles. The maximum absolute atomic E-state index is 13.8. The number of likely N-dealkylation sites (N-methyl/N-ethyl adjacent to an activating group) is 1. The summed E-state index contributed by atoms with van der Waals surface area (Å²) >= 11 is 0. The number of hydrogen-bond acceptors (Lipinski definition) is 6. The lowest BCUT2D eigenvalue weighted by Gasteiger charge is -2.39. The topological polar surface area (TPSA) is 63.6 Å². The number of hydrogen-bond donors (Lipinski definition) is 0. The molecule has 2 heterocycles. The smallest absolute Gasteiger partial charge is 0.254 e. The van der Waals surface area contributed by atoms with E-state index in [0.29, 0.717) is 37.1 Å². The summed E-state index contributed by atoms with van der Waals surface area (Å²) in [5, 5.41) is 0. The molecule has 1 amide bonds. The normalized spacial score (nSPS) is 18.8. The van der Waals surface area contributed by atoms with Crippen molar-refractivity contribution in [1.29, 1.82) is 0 Å². The number of amides is 1. The van der Waals surface area contributed by atoms with Crippen LogP contribution in [0, 0.1) is 0 Å². The molecule has 0 saturated carbocycles. The molecule has 3 aromatic rings. The minimum atomic E-state index is -0.0705. The van der Waals surface area contributed by atoms with Gasteiger partial charge in [0.25, 0.3) is 5.91 Å². The summed E-state index contributed by atoms with van der Waals surface area (Å²) in [6.45, 7) is 11.7. The van der Waals surface area contributed by atoms with E-state index in [1.807, 2.05) is 73.3 Å². The first-order valence-electron chi connectivity index (χ1n) is 15.5. The number of ether oxygens (including phenoxy) is 3. The van der Waals surface area contributed by atoms with Crippen molar-refractivity contribution in [3.8, 4) is 11.5 Å². The second-order valence-corrected chi connectivity index (χ2v) is 12.0. The summed E-state index contributed by atoms with van der Waals surface area (Å²) in [6.07, 6.45) is 1.00. The van der Waals surface area contributed by atoms with E-state index in [-0.39, 0.29) is 24.0 Å². The Balaban J connectivity index is 1.38. The zero-order chi connectivity index (χ0) is 30.5. The van der Waals surface area contributed by atoms with Crippen LogP contribution in [0.15, 0.2) is 71.7 Å². The monoisotopic (exact) mass is 583 g/mol. The summed E-state index contributed by atoms with van der Waals surface area (Å²) in [6, 6.07) is 22.4. The first-order chi connectivity index (χ1) is 20.8. The molecule has 228 valence electrons. The second kappa shape index (κ2) is 13.7. The van der Waals surface area contributed by atoms with E-state index in [1.165, 1.54) is 5.56 Å². The minimum Gasteiger partial charge on any atom is -0.493 e. The van der Waals surface area contributed by atoms with Crippen molar-refractivity contribution in [2.45, 2.75) is 64.8 Å². The average Bonchev–Trinajstić information content (AvgIpc) is 3.01. The van der Waals surface area contributed by atoms with Gasteiger partial charge in [0.2, 0.25) is 0 Å². The number of fused-ring (bicyclic) bond motifs is 3. The third kappa shape index (κ3) is 6.78. The SMILES string of the molecule is CCOc1cc2c(cc1OC)C(c1ccc(C(=O)N(C(C)C)[C@@H](C)COCc3ccccc3)cc1)=N[C@@H]1CCN(C)C[C@H]21. The molecule has 0 spiro atoms. The summed E-state index contributed by atoms with van der Waals surface area (Å²) in [7, 11) is 3.85. The van der Waals surface area contributed by atoms with Crippen molar-refractivity contribution in [3.63, 3.8) is 0 Å². The Morgan fingerprint density at radius 3 is 2.47 bits per heavy atom. The molecular formula is C36H45N3O4. The molecule has 43 heavy (non-hydrogen) atoms. The van der Waals surface area contributed by atoms with Crippen LogP contribution in [0.25, 0.3) is 0 Å². The van der Waals surface area contributed by atoms with Crippen LogP contribution < -0.4 is 9.47 Å². The number of nitrogens with zero attached hydrogens (tertiary/aromatic N) is 3. The molecule has 0 radical (unpaired) electrons. The number of rotatable bonds is 11. The Hall–Kier alpha value is -3.68. The van der Waals surface area contributed by atoms with Gasteiger partial charge in [0.05, 0.1) is 44.7 Å². The van der Waals surface area contributed by atoms with Crippen LogP contribution in [0.3, 0.4) is 0 Å². The van der Waals surface area contributed by atoms with Crippen LogP contribution in [0.1, 0.15) is 72.6 Å². The van der Waals surface area contributed by atoms with Gasteiger partial charge >= 0.3 is 0 Å². The predicted molar refractivity (Wildman–Crippen MR) is 172 cm³/mol. The molecule has 3 aromatic carbocycles. The zero-order valence-corrected chi connectivity index (χ0v) is 26.4. The molecule has 5 rings (SSSR count). The Labute approximate surface area is 256 Å². The molecule has 7 heteroatoms. The molecule has 2 aliphatic heterocycles. The van der Waals surface area contributed by atoms with Gasteiger partial charge < -0.3 is 24.0 Å². The number of aliphatic imine (C=N–C) groups is 1. The van der Waals surface area contributed by atoms with Gasteiger partial charge in [-0.2, -0.15) is 0 Å². The van der Waals surface area contributed by atoms with Crippen LogP contribution in [0.5, 0.6) is 11.5 Å². The Bertz CT molecular complexity index is 1420. The fraction of sp³-hybridized carbons (Fsp3) is 0.444. The van der Waals surface area contributed by atoms with E-state index in [0.717, 1.165) is 47.7 Å². The molecule has 3 atom stereocenters. The summed E-state index contributed by atoms with van der Waals surface area (Å²) < 4.78 is 17.7. The summed E-state index contributed by atoms with van der Waals surface area (Å²) in [5.41, 5.74) is 6.05. The van der Waals surface area contributed by atoms with E-state index >= 15 is 0 Å². The maximum Gasteiger partial charge on any atom is 0.254 e. The van der Waals surface area contributed by atoms with Crippen LogP contribution >= 0.6 is 0 Å². The van der Waals surface area contributed by atoms with Gasteiger partial charge in [-0.3, -0.25) is 9.79 Å². The minimum absolute atomic E-state index is 0.00162. The lowest BCUT2D eigenvalue weighted by atomic mass is 9.79. The molecule has 2 aliphatic rings. The highest BCUT2D eigenvalue weighted by molar-refractivity contribution is 6.15. The van der Waals surface area contributed by atoms with Gasteiger partial charge in [-0.05, 0) is 83.1 Å². The van der Waals surface area contributed by atoms with Gasteiger partial charge in [-0.15, -0.1) is 0 Å². The van der Waals surface area contributed by atoms with Gasteiger partial charge in [0.15, 0.2) is 11.5 Å². The zero-order valence-electron chi connectivity index (χ0n) is 26.4. The number of carbonyl (C=O) groups excluding carboxylic acids is 1. The fourth-order valence-corrected chi connectivity index (χ4v) is 6.41. The van der Waals surface area contributed by atoms with Crippen LogP contribution in [-0.4, -0.2) is 80.0 Å². The number of benzene rings is 3. The lowest BCUT2D eigenvalue weighted by Crippen LogP contribution is -2.45. The molecule has 0 aliphatic carbocycles. The van der Waals surface area contributed by atoms with Gasteiger partial charge in [0, 0.05) is 35.2 Å². The molecule has 1 fully saturated rings. The molecule has 0 N–H and O–H groups in total. The quantitative estimate of drug-likeness (QED) is 0.270. The third-order valence-corrected chi connectivity index (χ3v) is 8.51. The van der Waals surface area contributed by atoms with E-state index < -0.39 is 0 Å². The summed E-state index contributed by atoms with van der Waals surface area (Å²) in [4.78, 5) is 23.4. The average molecular weight is 584 g/mol. The van der Waals surface area contributed by atoms with Crippen molar-refractivity contribution in [2.24, 2.45) is 4.99 Å². The van der Waals surface area contributed by atoms with Crippen LogP contribution in [0.4, 0.5) is 0 Å². The molecule has 0 unspecified atom stereocenters. The highest BCUT2D eigenvalue weighted by Gasteiger charge is 2.36. The Morgan fingerprint density at radius 1 is 1.05 bits per heavy atom. The maximum atomic E-state index is 13.8. The fourth-order valence-electron chi connectivity index (χ4n) is 6.41. The molecular weight excluding hydrogens is 538 g/mol. The van der Waals surface area contributed by atoms with Gasteiger partial charge in [-0.1, -0.05) is 42.5 Å². The van der Waals surface area contributed by atoms with E-state index in [1.54, 1.807) is 7.11 Å². The van der Waals surface area contributed by atoms with Crippen LogP contribution in [-0.2, 0) is 11.3 Å². The predicted octanol–water partition coefficient (Wildman–Crippen LogP) is 6.19. The van der Waals surface area contributed by atoms with E-state index in [9.17, 15) is 4.79 Å². The van der Waals surface area contributed by atoms with Gasteiger partial charge in [-0.25, -0.2) is 0 Å². The van der Waals surface area contributed by atoms with Crippen molar-refractivity contribution < 1.29 is 19.0 Å². The molecule has 7 nitrogen and oxygen atoms in total. The first-order valence-corrected chi connectivity index (χ1v) is 15.5. The van der Waals surface area contributed by atoms with E-state index in [2.05, 4.69) is 37.9 Å². The van der Waals surface area contributed by atoms with Crippen molar-refractivity contribution in [1.82, 2.24) is 9.80 Å². The third-order valence-electron chi connectivity index (χ3n) is 8.51. The standard InChI is InChI=1S/C36H45N3O4/c1-7-43-34-19-29-30(20-33(34)41-6)35(37-32-17-18-38(5)21-31(29)32)27-13-15-28(16-14-27)36(40)39(24(2)3)25(4)22-42-23-26-11-9-8-10-12-26/h8-16,19-20,24-25,31-32H,7,17-18,21-23H2,1-6H3/t25-,31+,32+/m0/s1. The summed E-state index contributed by atoms with van der Waals surface area (Å²) in [5.74, 6) is 1.78. The Morgan fingerprint density at radius 2 is 1.79 bits per heavy atom. The largest absolute Gasteiger partial charge is 0.493 e. The highest BCUT2D eigenvalue weighted by atomic mass is 16.5. The highest BCUT2D eigenvalue weighted by Crippen LogP contribution is 2.42. The number of piperidine rings is 1. The number of carbonyl (C=O) groups is 1. The van der Waals surface area contributed by atoms with Crippen molar-refractivity contribution in [3.05, 3.63) is 94.5 Å².